The maximum absolute atomic E-state index is 12.2. The molecule has 0 saturated heterocycles. The number of amides is 1. The smallest absolute Gasteiger partial charge is 0.256 e. The second kappa shape index (κ2) is 7.98. The molecule has 21 heavy (non-hydrogen) atoms. The van der Waals surface area contributed by atoms with Gasteiger partial charge in [0.2, 0.25) is 5.88 Å². The van der Waals surface area contributed by atoms with Crippen LogP contribution in [0.15, 0.2) is 12.3 Å². The fourth-order valence-corrected chi connectivity index (χ4v) is 1.76. The summed E-state index contributed by atoms with van der Waals surface area (Å²) >= 11 is 0. The Morgan fingerprint density at radius 1 is 1.43 bits per heavy atom. The van der Waals surface area contributed by atoms with Crippen molar-refractivity contribution in [1.82, 2.24) is 4.98 Å². The SMILES string of the molecule is CCCCOc1ncc(NC(=O)[C@@](C)(CC)OC)cc1C. The Balaban J connectivity index is 2.73. The normalized spacial score (nSPS) is 13.6. The van der Waals surface area contributed by atoms with E-state index in [1.807, 2.05) is 19.9 Å². The zero-order valence-electron chi connectivity index (χ0n) is 13.7. The van der Waals surface area contributed by atoms with Crippen molar-refractivity contribution in [2.45, 2.75) is 52.6 Å². The summed E-state index contributed by atoms with van der Waals surface area (Å²) in [7, 11) is 1.54. The van der Waals surface area contributed by atoms with E-state index in [1.54, 1.807) is 13.1 Å². The van der Waals surface area contributed by atoms with Gasteiger partial charge in [-0.15, -0.1) is 0 Å². The first-order valence-electron chi connectivity index (χ1n) is 7.42. The molecule has 1 atom stereocenters. The highest BCUT2D eigenvalue weighted by Crippen LogP contribution is 2.21. The van der Waals surface area contributed by atoms with E-state index in [0.29, 0.717) is 24.6 Å². The number of hydrogen-bond donors (Lipinski definition) is 1. The van der Waals surface area contributed by atoms with Crippen LogP contribution in [0.2, 0.25) is 0 Å². The Morgan fingerprint density at radius 3 is 2.67 bits per heavy atom. The second-order valence-corrected chi connectivity index (χ2v) is 5.29. The Bertz CT molecular complexity index is 471. The number of carbonyl (C=O) groups excluding carboxylic acids is 1. The fraction of sp³-hybridized carbons (Fsp3) is 0.625. The van der Waals surface area contributed by atoms with Gasteiger partial charge in [-0.3, -0.25) is 4.79 Å². The number of ether oxygens (including phenoxy) is 2. The molecule has 0 unspecified atom stereocenters. The highest BCUT2D eigenvalue weighted by atomic mass is 16.5. The number of anilines is 1. The molecule has 1 amide bonds. The number of pyridine rings is 1. The van der Waals surface area contributed by atoms with E-state index in [2.05, 4.69) is 17.2 Å². The third-order valence-electron chi connectivity index (χ3n) is 3.63. The van der Waals surface area contributed by atoms with Gasteiger partial charge in [0.15, 0.2) is 0 Å². The maximum atomic E-state index is 12.2. The van der Waals surface area contributed by atoms with Crippen LogP contribution in [0.25, 0.3) is 0 Å². The third kappa shape index (κ3) is 4.70. The Labute approximate surface area is 127 Å². The monoisotopic (exact) mass is 294 g/mol. The number of carbonyl (C=O) groups is 1. The molecule has 0 aliphatic rings. The lowest BCUT2D eigenvalue weighted by atomic mass is 10.0. The Morgan fingerprint density at radius 2 is 2.14 bits per heavy atom. The maximum Gasteiger partial charge on any atom is 0.256 e. The minimum absolute atomic E-state index is 0.173. The molecular weight excluding hydrogens is 268 g/mol. The molecule has 1 N–H and O–H groups in total. The van der Waals surface area contributed by atoms with E-state index in [-0.39, 0.29) is 5.91 Å². The van der Waals surface area contributed by atoms with Crippen LogP contribution in [0, 0.1) is 6.92 Å². The van der Waals surface area contributed by atoms with Crippen molar-refractivity contribution >= 4 is 11.6 Å². The highest BCUT2D eigenvalue weighted by molar-refractivity contribution is 5.96. The summed E-state index contributed by atoms with van der Waals surface area (Å²) in [5.74, 6) is 0.444. The first kappa shape index (κ1) is 17.4. The van der Waals surface area contributed by atoms with Gasteiger partial charge >= 0.3 is 0 Å². The largest absolute Gasteiger partial charge is 0.477 e. The van der Waals surface area contributed by atoms with Crippen molar-refractivity contribution in [2.24, 2.45) is 0 Å². The molecule has 1 aromatic heterocycles. The number of nitrogens with zero attached hydrogens (tertiary/aromatic N) is 1. The summed E-state index contributed by atoms with van der Waals surface area (Å²) in [6.07, 6.45) is 4.29. The van der Waals surface area contributed by atoms with E-state index in [0.717, 1.165) is 18.4 Å². The molecular formula is C16H26N2O3. The summed E-state index contributed by atoms with van der Waals surface area (Å²) in [4.78, 5) is 16.5. The van der Waals surface area contributed by atoms with Gasteiger partial charge in [0.05, 0.1) is 18.5 Å². The standard InChI is InChI=1S/C16H26N2O3/c1-6-8-9-21-14-12(3)10-13(11-17-14)18-15(19)16(4,7-2)20-5/h10-11H,6-9H2,1-5H3,(H,18,19)/t16-/m1/s1. The predicted molar refractivity (Wildman–Crippen MR) is 83.7 cm³/mol. The molecule has 0 saturated carbocycles. The molecule has 0 aromatic carbocycles. The van der Waals surface area contributed by atoms with Crippen molar-refractivity contribution in [1.29, 1.82) is 0 Å². The molecule has 1 aromatic rings. The molecule has 5 heteroatoms. The Hall–Kier alpha value is -1.62. The van der Waals surface area contributed by atoms with Crippen molar-refractivity contribution in [2.75, 3.05) is 19.0 Å². The van der Waals surface area contributed by atoms with Gasteiger partial charge in [-0.25, -0.2) is 4.98 Å². The van der Waals surface area contributed by atoms with E-state index in [1.165, 1.54) is 7.11 Å². The van der Waals surface area contributed by atoms with Crippen LogP contribution < -0.4 is 10.1 Å². The molecule has 0 aliphatic heterocycles. The van der Waals surface area contributed by atoms with E-state index in [4.69, 9.17) is 9.47 Å². The first-order valence-corrected chi connectivity index (χ1v) is 7.42. The lowest BCUT2D eigenvalue weighted by Crippen LogP contribution is -2.41. The number of aromatic nitrogens is 1. The van der Waals surface area contributed by atoms with E-state index in [9.17, 15) is 4.79 Å². The fourth-order valence-electron chi connectivity index (χ4n) is 1.76. The van der Waals surface area contributed by atoms with Gasteiger partial charge < -0.3 is 14.8 Å². The molecule has 0 bridgehead atoms. The van der Waals surface area contributed by atoms with Crippen LogP contribution in [0.3, 0.4) is 0 Å². The summed E-state index contributed by atoms with van der Waals surface area (Å²) in [5, 5.41) is 2.84. The van der Waals surface area contributed by atoms with Crippen molar-refractivity contribution in [3.8, 4) is 5.88 Å². The number of nitrogens with one attached hydrogen (secondary N) is 1. The number of unbranched alkanes of at least 4 members (excludes halogenated alkanes) is 1. The summed E-state index contributed by atoms with van der Waals surface area (Å²) in [5.41, 5.74) is 0.723. The van der Waals surface area contributed by atoms with Crippen molar-refractivity contribution < 1.29 is 14.3 Å². The van der Waals surface area contributed by atoms with E-state index < -0.39 is 5.60 Å². The van der Waals surface area contributed by atoms with Crippen LogP contribution >= 0.6 is 0 Å². The minimum atomic E-state index is -0.829. The van der Waals surface area contributed by atoms with Crippen molar-refractivity contribution in [3.05, 3.63) is 17.8 Å². The quantitative estimate of drug-likeness (QED) is 0.747. The number of methoxy groups -OCH3 is 1. The van der Waals surface area contributed by atoms with Gasteiger partial charge in [0.25, 0.3) is 5.91 Å². The van der Waals surface area contributed by atoms with E-state index >= 15 is 0 Å². The second-order valence-electron chi connectivity index (χ2n) is 5.29. The zero-order valence-corrected chi connectivity index (χ0v) is 13.7. The zero-order chi connectivity index (χ0) is 15.9. The van der Waals surface area contributed by atoms with Gasteiger partial charge in [0, 0.05) is 12.7 Å². The highest BCUT2D eigenvalue weighted by Gasteiger charge is 2.31. The lowest BCUT2D eigenvalue weighted by Gasteiger charge is -2.25. The summed E-state index contributed by atoms with van der Waals surface area (Å²) < 4.78 is 10.9. The average Bonchev–Trinajstić information content (AvgIpc) is 2.48. The first-order chi connectivity index (χ1) is 9.96. The topological polar surface area (TPSA) is 60.5 Å². The van der Waals surface area contributed by atoms with Crippen LogP contribution in [0.1, 0.15) is 45.6 Å². The number of aryl methyl sites for hydroxylation is 1. The molecule has 118 valence electrons. The van der Waals surface area contributed by atoms with Gasteiger partial charge in [-0.1, -0.05) is 20.3 Å². The van der Waals surface area contributed by atoms with Crippen LogP contribution in [0.5, 0.6) is 5.88 Å². The van der Waals surface area contributed by atoms with Crippen LogP contribution in [-0.2, 0) is 9.53 Å². The molecule has 5 nitrogen and oxygen atoms in total. The predicted octanol–water partition coefficient (Wildman–Crippen LogP) is 3.32. The molecule has 0 fully saturated rings. The third-order valence-corrected chi connectivity index (χ3v) is 3.63. The van der Waals surface area contributed by atoms with Gasteiger partial charge in [-0.05, 0) is 32.8 Å². The van der Waals surface area contributed by atoms with Gasteiger partial charge in [-0.2, -0.15) is 0 Å². The van der Waals surface area contributed by atoms with Gasteiger partial charge in [0.1, 0.15) is 5.60 Å². The average molecular weight is 294 g/mol. The number of hydrogen-bond acceptors (Lipinski definition) is 4. The summed E-state index contributed by atoms with van der Waals surface area (Å²) in [6, 6.07) is 1.86. The Kier molecular flexibility index (Phi) is 6.62. The number of rotatable bonds is 8. The minimum Gasteiger partial charge on any atom is -0.477 e. The molecule has 0 aliphatic carbocycles. The van der Waals surface area contributed by atoms with Crippen molar-refractivity contribution in [3.63, 3.8) is 0 Å². The molecule has 1 heterocycles. The molecule has 0 radical (unpaired) electrons. The molecule has 1 rings (SSSR count). The van der Waals surface area contributed by atoms with Crippen LogP contribution in [0.4, 0.5) is 5.69 Å². The molecule has 0 spiro atoms. The lowest BCUT2D eigenvalue weighted by molar-refractivity contribution is -0.136. The van der Waals surface area contributed by atoms with Crippen LogP contribution in [-0.4, -0.2) is 30.2 Å². The summed E-state index contributed by atoms with van der Waals surface area (Å²) in [6.45, 7) is 8.37.